The van der Waals surface area contributed by atoms with E-state index >= 15 is 0 Å². The van der Waals surface area contributed by atoms with E-state index in [-0.39, 0.29) is 22.4 Å². The summed E-state index contributed by atoms with van der Waals surface area (Å²) in [5.41, 5.74) is 1.16. The van der Waals surface area contributed by atoms with Crippen LogP contribution < -0.4 is 4.90 Å². The van der Waals surface area contributed by atoms with Crippen molar-refractivity contribution in [3.63, 3.8) is 0 Å². The number of hydrogen-bond donors (Lipinski definition) is 0. The quantitative estimate of drug-likeness (QED) is 0.822. The molecule has 0 bridgehead atoms. The zero-order valence-electron chi connectivity index (χ0n) is 11.4. The van der Waals surface area contributed by atoms with Crippen LogP contribution in [0.1, 0.15) is 10.5 Å². The Bertz CT molecular complexity index is 684. The van der Waals surface area contributed by atoms with Gasteiger partial charge in [0.25, 0.3) is 5.91 Å². The summed E-state index contributed by atoms with van der Waals surface area (Å²) < 4.78 is 17.3. The van der Waals surface area contributed by atoms with Gasteiger partial charge in [0, 0.05) is 31.9 Å². The van der Waals surface area contributed by atoms with E-state index in [1.165, 1.54) is 12.1 Å². The molecule has 1 amide bonds. The number of benzene rings is 1. The molecule has 0 radical (unpaired) electrons. The minimum absolute atomic E-state index is 0.202. The molecule has 4 nitrogen and oxygen atoms in total. The Morgan fingerprint density at radius 1 is 1.14 bits per heavy atom. The van der Waals surface area contributed by atoms with Gasteiger partial charge < -0.3 is 9.80 Å². The van der Waals surface area contributed by atoms with Crippen LogP contribution in [0, 0.1) is 5.82 Å². The predicted molar refractivity (Wildman–Crippen MR) is 86.7 cm³/mol. The van der Waals surface area contributed by atoms with Gasteiger partial charge in [0.05, 0.1) is 0 Å². The molecule has 22 heavy (non-hydrogen) atoms. The highest BCUT2D eigenvalue weighted by Crippen LogP contribution is 2.30. The molecule has 2 aromatic rings. The summed E-state index contributed by atoms with van der Waals surface area (Å²) in [5.74, 6) is -0.459. The maximum absolute atomic E-state index is 12.9. The van der Waals surface area contributed by atoms with Crippen LogP contribution in [0.2, 0.25) is 9.36 Å². The van der Waals surface area contributed by atoms with Crippen LogP contribution in [-0.4, -0.2) is 41.4 Å². The fraction of sp³-hybridized carbons (Fsp3) is 0.286. The number of carbonyl (C=O) groups excluding carboxylic acids is 1. The molecule has 0 aliphatic carbocycles. The third kappa shape index (κ3) is 3.04. The van der Waals surface area contributed by atoms with Gasteiger partial charge >= 0.3 is 0 Å². The first-order valence-electron chi connectivity index (χ1n) is 6.66. The fourth-order valence-electron chi connectivity index (χ4n) is 2.36. The van der Waals surface area contributed by atoms with Crippen LogP contribution in [-0.2, 0) is 0 Å². The number of carbonyl (C=O) groups is 1. The van der Waals surface area contributed by atoms with Crippen LogP contribution in [0.5, 0.6) is 0 Å². The molecule has 1 fully saturated rings. The molecule has 0 unspecified atom stereocenters. The molecule has 116 valence electrons. The second-order valence-electron chi connectivity index (χ2n) is 4.87. The highest BCUT2D eigenvalue weighted by molar-refractivity contribution is 7.11. The first kappa shape index (κ1) is 15.5. The smallest absolute Gasteiger partial charge is 0.275 e. The van der Waals surface area contributed by atoms with Crippen molar-refractivity contribution in [2.45, 2.75) is 0 Å². The van der Waals surface area contributed by atoms with Crippen LogP contribution in [0.3, 0.4) is 0 Å². The molecule has 1 aromatic carbocycles. The summed E-state index contributed by atoms with van der Waals surface area (Å²) in [4.78, 5) is 16.2. The third-order valence-corrected chi connectivity index (χ3v) is 5.17. The predicted octanol–water partition coefficient (Wildman–Crippen LogP) is 3.55. The van der Waals surface area contributed by atoms with Crippen LogP contribution in [0.25, 0.3) is 0 Å². The maximum atomic E-state index is 12.9. The zero-order chi connectivity index (χ0) is 15.7. The summed E-state index contributed by atoms with van der Waals surface area (Å²) in [5, 5.41) is 0.220. The molecule has 1 saturated heterocycles. The Labute approximate surface area is 141 Å². The van der Waals surface area contributed by atoms with Gasteiger partial charge in [0.1, 0.15) is 15.2 Å². The molecule has 2 heterocycles. The summed E-state index contributed by atoms with van der Waals surface area (Å²) in [7, 11) is 0. The minimum Gasteiger partial charge on any atom is -0.368 e. The third-order valence-electron chi connectivity index (χ3n) is 3.56. The van der Waals surface area contributed by atoms with Crippen molar-refractivity contribution < 1.29 is 9.18 Å². The van der Waals surface area contributed by atoms with Crippen molar-refractivity contribution in [1.82, 2.24) is 9.27 Å². The summed E-state index contributed by atoms with van der Waals surface area (Å²) in [6.07, 6.45) is 0. The molecule has 0 N–H and O–H groups in total. The number of amides is 1. The second-order valence-corrected chi connectivity index (χ2v) is 6.63. The standard InChI is InChI=1S/C14H12Cl2FN3OS/c15-11-12(18-22-13(11)16)14(21)20-7-5-19(6-8-20)10-3-1-9(17)2-4-10/h1-4H,5-8H2. The van der Waals surface area contributed by atoms with E-state index in [1.54, 1.807) is 17.0 Å². The van der Waals surface area contributed by atoms with Crippen LogP contribution in [0.4, 0.5) is 10.1 Å². The van der Waals surface area contributed by atoms with E-state index in [0.717, 1.165) is 17.2 Å². The van der Waals surface area contributed by atoms with Gasteiger partial charge in [-0.25, -0.2) is 4.39 Å². The van der Waals surface area contributed by atoms with E-state index in [4.69, 9.17) is 23.2 Å². The van der Waals surface area contributed by atoms with E-state index < -0.39 is 0 Å². The SMILES string of the molecule is O=C(c1nsc(Cl)c1Cl)N1CCN(c2ccc(F)cc2)CC1. The van der Waals surface area contributed by atoms with Crippen molar-refractivity contribution in [2.75, 3.05) is 31.1 Å². The monoisotopic (exact) mass is 359 g/mol. The lowest BCUT2D eigenvalue weighted by Crippen LogP contribution is -2.48. The molecule has 0 atom stereocenters. The maximum Gasteiger partial charge on any atom is 0.275 e. The molecule has 0 saturated carbocycles. The number of anilines is 1. The van der Waals surface area contributed by atoms with Gasteiger partial charge in [0.2, 0.25) is 0 Å². The first-order chi connectivity index (χ1) is 10.6. The number of aromatic nitrogens is 1. The van der Waals surface area contributed by atoms with Crippen LogP contribution in [0.15, 0.2) is 24.3 Å². The first-order valence-corrected chi connectivity index (χ1v) is 8.19. The van der Waals surface area contributed by atoms with Gasteiger partial charge in [0.15, 0.2) is 5.69 Å². The second kappa shape index (κ2) is 6.40. The summed E-state index contributed by atoms with van der Waals surface area (Å²) in [6.45, 7) is 2.46. The van der Waals surface area contributed by atoms with Gasteiger partial charge in [-0.15, -0.1) is 0 Å². The largest absolute Gasteiger partial charge is 0.368 e. The van der Waals surface area contributed by atoms with Gasteiger partial charge in [-0.2, -0.15) is 4.37 Å². The number of piperazine rings is 1. The van der Waals surface area contributed by atoms with Crippen molar-refractivity contribution in [3.05, 3.63) is 45.1 Å². The minimum atomic E-state index is -0.257. The number of halogens is 3. The molecule has 1 aromatic heterocycles. The highest BCUT2D eigenvalue weighted by Gasteiger charge is 2.26. The molecule has 8 heteroatoms. The molecule has 3 rings (SSSR count). The average Bonchev–Trinajstić information content (AvgIpc) is 2.87. The van der Waals surface area contributed by atoms with E-state index in [9.17, 15) is 9.18 Å². The van der Waals surface area contributed by atoms with Crippen molar-refractivity contribution >= 4 is 46.3 Å². The molecular weight excluding hydrogens is 348 g/mol. The van der Waals surface area contributed by atoms with E-state index in [1.807, 2.05) is 0 Å². The van der Waals surface area contributed by atoms with Gasteiger partial charge in [-0.1, -0.05) is 23.2 Å². The number of hydrogen-bond acceptors (Lipinski definition) is 4. The number of nitrogens with zero attached hydrogens (tertiary/aromatic N) is 3. The lowest BCUT2D eigenvalue weighted by molar-refractivity contribution is 0.0742. The Morgan fingerprint density at radius 2 is 1.77 bits per heavy atom. The fourth-order valence-corrected chi connectivity index (χ4v) is 3.35. The van der Waals surface area contributed by atoms with Crippen molar-refractivity contribution in [3.8, 4) is 0 Å². The van der Waals surface area contributed by atoms with Crippen LogP contribution >= 0.6 is 34.7 Å². The Balaban J connectivity index is 1.65. The topological polar surface area (TPSA) is 36.4 Å². The highest BCUT2D eigenvalue weighted by atomic mass is 35.5. The average molecular weight is 360 g/mol. The summed E-state index contributed by atoms with van der Waals surface area (Å²) >= 11 is 12.8. The lowest BCUT2D eigenvalue weighted by Gasteiger charge is -2.35. The lowest BCUT2D eigenvalue weighted by atomic mass is 10.2. The summed E-state index contributed by atoms with van der Waals surface area (Å²) in [6, 6.07) is 6.35. The zero-order valence-corrected chi connectivity index (χ0v) is 13.8. The van der Waals surface area contributed by atoms with Crippen molar-refractivity contribution in [2.24, 2.45) is 0 Å². The molecular formula is C14H12Cl2FN3OS. The molecule has 1 aliphatic heterocycles. The Hall–Kier alpha value is -1.37. The van der Waals surface area contributed by atoms with Gasteiger partial charge in [-0.3, -0.25) is 4.79 Å². The van der Waals surface area contributed by atoms with E-state index in [0.29, 0.717) is 30.5 Å². The van der Waals surface area contributed by atoms with Gasteiger partial charge in [-0.05, 0) is 35.8 Å². The molecule has 1 aliphatic rings. The normalized spacial score (nSPS) is 15.2. The van der Waals surface area contributed by atoms with Crippen molar-refractivity contribution in [1.29, 1.82) is 0 Å². The number of rotatable bonds is 2. The van der Waals surface area contributed by atoms with E-state index in [2.05, 4.69) is 9.27 Å². The Morgan fingerprint density at radius 3 is 2.32 bits per heavy atom. The molecule has 0 spiro atoms. The Kier molecular flexibility index (Phi) is 4.52.